The predicted octanol–water partition coefficient (Wildman–Crippen LogP) is 6.27. The Kier molecular flexibility index (Phi) is 11.1. The Labute approximate surface area is 223 Å². The first-order valence-corrected chi connectivity index (χ1v) is 11.9. The van der Waals surface area contributed by atoms with E-state index in [1.165, 1.54) is 44.5 Å². The van der Waals surface area contributed by atoms with Gasteiger partial charge >= 0.3 is 17.9 Å². The third-order valence-corrected chi connectivity index (χ3v) is 5.82. The van der Waals surface area contributed by atoms with E-state index in [1.54, 1.807) is 25.1 Å². The number of halogens is 3. The molecule has 1 aromatic carbocycles. The van der Waals surface area contributed by atoms with Gasteiger partial charge in [0, 0.05) is 23.8 Å². The van der Waals surface area contributed by atoms with Crippen LogP contribution in [0.1, 0.15) is 60.7 Å². The van der Waals surface area contributed by atoms with Crippen LogP contribution in [-0.4, -0.2) is 36.9 Å². The van der Waals surface area contributed by atoms with Crippen LogP contribution in [0.15, 0.2) is 70.0 Å². The SMILES string of the molecule is C=CC(CC/C=C/NC(=O)OC)c1cc(O)c(C(=O)/C(C)=C(\C)c2ccc(OCCC(F)(F)F)cc2)c(=O)o1. The van der Waals surface area contributed by atoms with Crippen LogP contribution in [0.2, 0.25) is 0 Å². The number of ether oxygens (including phenoxy) is 2. The third kappa shape index (κ3) is 9.20. The second-order valence-corrected chi connectivity index (χ2v) is 8.47. The largest absolute Gasteiger partial charge is 0.507 e. The van der Waals surface area contributed by atoms with Crippen molar-refractivity contribution in [2.75, 3.05) is 13.7 Å². The Morgan fingerprint density at radius 2 is 1.87 bits per heavy atom. The smallest absolute Gasteiger partial charge is 0.410 e. The van der Waals surface area contributed by atoms with Crippen molar-refractivity contribution >= 4 is 17.4 Å². The lowest BCUT2D eigenvalue weighted by atomic mass is 9.95. The lowest BCUT2D eigenvalue weighted by Gasteiger charge is -2.13. The molecule has 2 N–H and O–H groups in total. The van der Waals surface area contributed by atoms with E-state index in [2.05, 4.69) is 16.6 Å². The van der Waals surface area contributed by atoms with Gasteiger partial charge in [-0.1, -0.05) is 24.3 Å². The number of nitrogens with one attached hydrogen (secondary N) is 1. The molecule has 1 unspecified atom stereocenters. The van der Waals surface area contributed by atoms with Crippen LogP contribution >= 0.6 is 0 Å². The first kappa shape index (κ1) is 30.9. The van der Waals surface area contributed by atoms with E-state index in [-0.39, 0.29) is 17.1 Å². The fourth-order valence-electron chi connectivity index (χ4n) is 3.47. The number of hydrogen-bond donors (Lipinski definition) is 2. The van der Waals surface area contributed by atoms with Gasteiger partial charge in [0.05, 0.1) is 20.1 Å². The van der Waals surface area contributed by atoms with Gasteiger partial charge in [-0.15, -0.1) is 6.58 Å². The summed E-state index contributed by atoms with van der Waals surface area (Å²) < 4.78 is 51.8. The molecule has 1 atom stereocenters. The zero-order valence-corrected chi connectivity index (χ0v) is 21.8. The molecule has 0 radical (unpaired) electrons. The van der Waals surface area contributed by atoms with E-state index in [0.29, 0.717) is 24.0 Å². The minimum atomic E-state index is -4.32. The first-order valence-electron chi connectivity index (χ1n) is 11.9. The fourth-order valence-corrected chi connectivity index (χ4v) is 3.47. The summed E-state index contributed by atoms with van der Waals surface area (Å²) in [5.74, 6) is -1.37. The summed E-state index contributed by atoms with van der Waals surface area (Å²) in [6.45, 7) is 6.33. The molecular formula is C28H30F3NO7. The van der Waals surface area contributed by atoms with Gasteiger partial charge in [-0.05, 0) is 50.0 Å². The maximum absolute atomic E-state index is 13.1. The number of rotatable bonds is 12. The second kappa shape index (κ2) is 14.0. The Morgan fingerprint density at radius 3 is 2.44 bits per heavy atom. The molecule has 0 spiro atoms. The summed E-state index contributed by atoms with van der Waals surface area (Å²) in [6.07, 6.45) is -0.493. The topological polar surface area (TPSA) is 115 Å². The number of hydrogen-bond acceptors (Lipinski definition) is 7. The average molecular weight is 550 g/mol. The number of alkyl halides is 3. The second-order valence-electron chi connectivity index (χ2n) is 8.47. The van der Waals surface area contributed by atoms with Gasteiger partial charge in [0.15, 0.2) is 5.78 Å². The number of alkyl carbamates (subject to hydrolysis) is 1. The molecule has 39 heavy (non-hydrogen) atoms. The van der Waals surface area contributed by atoms with Gasteiger partial charge in [-0.3, -0.25) is 10.1 Å². The summed E-state index contributed by atoms with van der Waals surface area (Å²) in [5.41, 5.74) is -0.301. The van der Waals surface area contributed by atoms with E-state index in [9.17, 15) is 32.7 Å². The minimum Gasteiger partial charge on any atom is -0.507 e. The number of amides is 1. The number of methoxy groups -OCH3 is 1. The van der Waals surface area contributed by atoms with Crippen molar-refractivity contribution in [3.05, 3.63) is 88.1 Å². The van der Waals surface area contributed by atoms with Crippen molar-refractivity contribution in [3.63, 3.8) is 0 Å². The van der Waals surface area contributed by atoms with Crippen LogP contribution in [0.5, 0.6) is 11.5 Å². The standard InChI is InChI=1S/C28H30F3NO7/c1-5-19(8-6-7-14-32-27(36)37-4)23-16-22(33)24(26(35)39-23)25(34)18(3)17(2)20-9-11-21(12-10-20)38-15-13-28(29,30)31/h5,7,9-12,14,16,19,33H,1,6,8,13,15H2,2-4H3,(H,32,36)/b14-7+,18-17+. The van der Waals surface area contributed by atoms with Gasteiger partial charge in [0.1, 0.15) is 22.8 Å². The lowest BCUT2D eigenvalue weighted by Crippen LogP contribution is -2.17. The van der Waals surface area contributed by atoms with Crippen LogP contribution in [0.4, 0.5) is 18.0 Å². The summed E-state index contributed by atoms with van der Waals surface area (Å²) in [4.78, 5) is 36.9. The molecule has 0 saturated carbocycles. The normalized spacial score (nSPS) is 13.0. The maximum Gasteiger partial charge on any atom is 0.410 e. The summed E-state index contributed by atoms with van der Waals surface area (Å²) >= 11 is 0. The minimum absolute atomic E-state index is 0.123. The fraction of sp³-hybridized carbons (Fsp3) is 0.321. The van der Waals surface area contributed by atoms with Crippen LogP contribution in [0, 0.1) is 0 Å². The van der Waals surface area contributed by atoms with Crippen LogP contribution in [-0.2, 0) is 4.74 Å². The van der Waals surface area contributed by atoms with Gasteiger partial charge in [-0.25, -0.2) is 9.59 Å². The molecular weight excluding hydrogens is 519 g/mol. The van der Waals surface area contributed by atoms with Gasteiger partial charge in [-0.2, -0.15) is 13.2 Å². The highest BCUT2D eigenvalue weighted by Crippen LogP contribution is 2.29. The molecule has 0 saturated heterocycles. The molecule has 1 heterocycles. The first-order chi connectivity index (χ1) is 18.4. The number of allylic oxidation sites excluding steroid dienone is 4. The zero-order valence-electron chi connectivity index (χ0n) is 21.8. The molecule has 1 amide bonds. The highest BCUT2D eigenvalue weighted by Gasteiger charge is 2.27. The maximum atomic E-state index is 13.1. The molecule has 0 aliphatic carbocycles. The van der Waals surface area contributed by atoms with E-state index in [0.717, 1.165) is 0 Å². The van der Waals surface area contributed by atoms with Crippen molar-refractivity contribution in [2.45, 2.75) is 45.2 Å². The monoisotopic (exact) mass is 549 g/mol. The summed E-state index contributed by atoms with van der Waals surface area (Å²) in [6, 6.07) is 7.30. The predicted molar refractivity (Wildman–Crippen MR) is 139 cm³/mol. The average Bonchev–Trinajstić information content (AvgIpc) is 2.88. The van der Waals surface area contributed by atoms with Crippen molar-refractivity contribution in [1.29, 1.82) is 0 Å². The van der Waals surface area contributed by atoms with E-state index in [1.807, 2.05) is 0 Å². The Bertz CT molecular complexity index is 1290. The van der Waals surface area contributed by atoms with Crippen molar-refractivity contribution in [3.8, 4) is 11.5 Å². The number of Topliss-reactive ketones (excluding diaryl/α,β-unsaturated/α-hetero) is 1. The molecule has 1 aromatic heterocycles. The van der Waals surface area contributed by atoms with Gasteiger partial charge in [0.2, 0.25) is 0 Å². The third-order valence-electron chi connectivity index (χ3n) is 5.82. The molecule has 0 fully saturated rings. The highest BCUT2D eigenvalue weighted by molar-refractivity contribution is 6.13. The van der Waals surface area contributed by atoms with E-state index >= 15 is 0 Å². The highest BCUT2D eigenvalue weighted by atomic mass is 19.4. The lowest BCUT2D eigenvalue weighted by molar-refractivity contribution is -0.139. The molecule has 0 aliphatic rings. The Morgan fingerprint density at radius 1 is 1.21 bits per heavy atom. The summed E-state index contributed by atoms with van der Waals surface area (Å²) in [5, 5.41) is 12.9. The van der Waals surface area contributed by atoms with Crippen molar-refractivity contribution in [2.24, 2.45) is 0 Å². The Hall–Kier alpha value is -4.28. The molecule has 8 nitrogen and oxygen atoms in total. The summed E-state index contributed by atoms with van der Waals surface area (Å²) in [7, 11) is 1.24. The molecule has 11 heteroatoms. The van der Waals surface area contributed by atoms with Gasteiger partial charge < -0.3 is 19.0 Å². The zero-order chi connectivity index (χ0) is 29.2. The van der Waals surface area contributed by atoms with E-state index < -0.39 is 53.9 Å². The number of benzene rings is 1. The number of ketones is 1. The quantitative estimate of drug-likeness (QED) is 0.182. The van der Waals surface area contributed by atoms with Crippen LogP contribution < -0.4 is 15.7 Å². The molecule has 0 bridgehead atoms. The molecule has 2 rings (SSSR count). The number of carbonyl (C=O) groups is 2. The molecule has 2 aromatic rings. The van der Waals surface area contributed by atoms with E-state index in [4.69, 9.17) is 9.15 Å². The van der Waals surface area contributed by atoms with Crippen LogP contribution in [0.25, 0.3) is 5.57 Å². The van der Waals surface area contributed by atoms with Crippen molar-refractivity contribution in [1.82, 2.24) is 5.32 Å². The number of carbonyl (C=O) groups excluding carboxylic acids is 2. The Balaban J connectivity index is 2.17. The number of aromatic hydroxyl groups is 1. The molecule has 210 valence electrons. The van der Waals surface area contributed by atoms with Crippen molar-refractivity contribution < 1.29 is 41.8 Å². The van der Waals surface area contributed by atoms with Crippen LogP contribution in [0.3, 0.4) is 0 Å². The van der Waals surface area contributed by atoms with Gasteiger partial charge in [0.25, 0.3) is 0 Å². The molecule has 0 aliphatic heterocycles.